The Hall–Kier alpha value is -3.06. The summed E-state index contributed by atoms with van der Waals surface area (Å²) < 4.78 is 21.1. The minimum atomic E-state index is -0.375. The summed E-state index contributed by atoms with van der Waals surface area (Å²) >= 11 is 1.18. The molecule has 2 heterocycles. The van der Waals surface area contributed by atoms with E-state index in [1.165, 1.54) is 28.0 Å². The smallest absolute Gasteiger partial charge is 0.291 e. The van der Waals surface area contributed by atoms with E-state index < -0.39 is 0 Å². The highest BCUT2D eigenvalue weighted by atomic mass is 32.1. The van der Waals surface area contributed by atoms with E-state index in [4.69, 9.17) is 4.74 Å². The Morgan fingerprint density at radius 3 is 2.56 bits per heavy atom. The molecule has 0 saturated heterocycles. The lowest BCUT2D eigenvalue weighted by molar-refractivity contribution is 0.242. The Morgan fingerprint density at radius 1 is 1.15 bits per heavy atom. The highest BCUT2D eigenvalue weighted by Crippen LogP contribution is 2.21. The fraction of sp³-hybridized carbons (Fsp3) is 0.150. The highest BCUT2D eigenvalue weighted by molar-refractivity contribution is 7.15. The molecule has 2 aromatic carbocycles. The summed E-state index contributed by atoms with van der Waals surface area (Å²) in [5, 5.41) is 4.31. The maximum Gasteiger partial charge on any atom is 0.291 e. The van der Waals surface area contributed by atoms with Crippen molar-refractivity contribution < 1.29 is 9.13 Å². The molecule has 0 bridgehead atoms. The second-order valence-electron chi connectivity index (χ2n) is 6.26. The predicted molar refractivity (Wildman–Crippen MR) is 104 cm³/mol. The number of rotatable bonds is 4. The lowest BCUT2D eigenvalue weighted by atomic mass is 10.2. The number of fused-ring (bicyclic) bond motifs is 1. The molecule has 0 spiro atoms. The molecule has 0 unspecified atom stereocenters. The Kier molecular flexibility index (Phi) is 4.45. The molecule has 0 saturated carbocycles. The quantitative estimate of drug-likeness (QED) is 0.544. The van der Waals surface area contributed by atoms with Crippen LogP contribution in [0.3, 0.4) is 0 Å². The van der Waals surface area contributed by atoms with Crippen molar-refractivity contribution in [2.45, 2.75) is 20.0 Å². The molecule has 0 aliphatic heterocycles. The van der Waals surface area contributed by atoms with Crippen molar-refractivity contribution in [3.05, 3.63) is 74.8 Å². The molecule has 2 aromatic heterocycles. The van der Waals surface area contributed by atoms with Crippen molar-refractivity contribution >= 4 is 22.4 Å². The summed E-state index contributed by atoms with van der Waals surface area (Å²) in [7, 11) is 0. The standard InChI is InChI=1S/C20H16FN3O2S/c1-12(2)26-15-9-7-13(8-10-15)18-22-20-24(23-18)19(25)17(27-20)11-14-5-3-4-6-16(14)21/h3-12H,1-2H3. The van der Waals surface area contributed by atoms with Crippen molar-refractivity contribution in [2.24, 2.45) is 0 Å². The van der Waals surface area contributed by atoms with E-state index in [9.17, 15) is 9.18 Å². The van der Waals surface area contributed by atoms with Gasteiger partial charge in [0.05, 0.1) is 10.6 Å². The van der Waals surface area contributed by atoms with Crippen LogP contribution in [0.5, 0.6) is 5.75 Å². The zero-order valence-corrected chi connectivity index (χ0v) is 15.5. The topological polar surface area (TPSA) is 56.5 Å². The van der Waals surface area contributed by atoms with Gasteiger partial charge >= 0.3 is 0 Å². The normalized spacial score (nSPS) is 12.2. The van der Waals surface area contributed by atoms with Gasteiger partial charge in [-0.3, -0.25) is 4.79 Å². The van der Waals surface area contributed by atoms with Crippen LogP contribution in [0.15, 0.2) is 53.3 Å². The number of aromatic nitrogens is 3. The van der Waals surface area contributed by atoms with E-state index in [0.29, 0.717) is 20.9 Å². The third kappa shape index (κ3) is 3.46. The Bertz CT molecular complexity index is 1210. The van der Waals surface area contributed by atoms with Crippen LogP contribution in [0, 0.1) is 5.82 Å². The van der Waals surface area contributed by atoms with Crippen molar-refractivity contribution in [3.63, 3.8) is 0 Å². The Morgan fingerprint density at radius 2 is 1.89 bits per heavy atom. The molecule has 0 aliphatic carbocycles. The Labute approximate surface area is 158 Å². The highest BCUT2D eigenvalue weighted by Gasteiger charge is 2.12. The minimum Gasteiger partial charge on any atom is -0.491 e. The Balaban J connectivity index is 1.71. The first-order chi connectivity index (χ1) is 13.0. The molecule has 136 valence electrons. The molecule has 0 N–H and O–H groups in total. The van der Waals surface area contributed by atoms with Gasteiger partial charge in [-0.15, -0.1) is 5.10 Å². The van der Waals surface area contributed by atoms with Gasteiger partial charge < -0.3 is 4.74 Å². The second-order valence-corrected chi connectivity index (χ2v) is 7.27. The molecule has 4 aromatic rings. The monoisotopic (exact) mass is 381 g/mol. The molecule has 7 heteroatoms. The number of thiazole rings is 1. The van der Waals surface area contributed by atoms with Gasteiger partial charge in [-0.25, -0.2) is 4.39 Å². The van der Waals surface area contributed by atoms with Gasteiger partial charge in [-0.2, -0.15) is 9.50 Å². The van der Waals surface area contributed by atoms with Gasteiger partial charge in [0.2, 0.25) is 4.96 Å². The molecular weight excluding hydrogens is 365 g/mol. The van der Waals surface area contributed by atoms with Gasteiger partial charge in [0.15, 0.2) is 5.82 Å². The fourth-order valence-corrected chi connectivity index (χ4v) is 3.54. The van der Waals surface area contributed by atoms with Crippen molar-refractivity contribution in [1.82, 2.24) is 14.6 Å². The van der Waals surface area contributed by atoms with Crippen LogP contribution in [0.4, 0.5) is 4.39 Å². The number of benzene rings is 2. The molecule has 0 amide bonds. The van der Waals surface area contributed by atoms with E-state index in [-0.39, 0.29) is 17.5 Å². The number of halogens is 1. The third-order valence-electron chi connectivity index (χ3n) is 3.86. The van der Waals surface area contributed by atoms with Crippen LogP contribution in [-0.4, -0.2) is 20.7 Å². The van der Waals surface area contributed by atoms with Crippen LogP contribution in [0.2, 0.25) is 0 Å². The zero-order valence-electron chi connectivity index (χ0n) is 14.7. The molecule has 0 fully saturated rings. The molecule has 0 radical (unpaired) electrons. The lowest BCUT2D eigenvalue weighted by Crippen LogP contribution is -2.23. The summed E-state index contributed by atoms with van der Waals surface area (Å²) in [6, 6.07) is 13.7. The first-order valence-corrected chi connectivity index (χ1v) is 9.26. The number of nitrogens with zero attached hydrogens (tertiary/aromatic N) is 3. The molecule has 27 heavy (non-hydrogen) atoms. The first kappa shape index (κ1) is 17.4. The maximum absolute atomic E-state index is 13.8. The lowest BCUT2D eigenvalue weighted by Gasteiger charge is -2.09. The zero-order chi connectivity index (χ0) is 19.0. The van der Waals surface area contributed by atoms with Gasteiger partial charge in [-0.05, 0) is 50.3 Å². The van der Waals surface area contributed by atoms with Crippen LogP contribution in [-0.2, 0) is 0 Å². The predicted octanol–water partition coefficient (Wildman–Crippen LogP) is 3.29. The molecule has 0 aliphatic rings. The van der Waals surface area contributed by atoms with Gasteiger partial charge in [0, 0.05) is 11.1 Å². The van der Waals surface area contributed by atoms with E-state index in [2.05, 4.69) is 10.1 Å². The van der Waals surface area contributed by atoms with Gasteiger partial charge in [0.25, 0.3) is 5.56 Å². The van der Waals surface area contributed by atoms with E-state index in [1.807, 2.05) is 38.1 Å². The molecular formula is C20H16FN3O2S. The SMILES string of the molecule is CC(C)Oc1ccc(-c2nc3sc(=Cc4ccccc4F)c(=O)n3n2)cc1. The van der Waals surface area contributed by atoms with Gasteiger partial charge in [-0.1, -0.05) is 29.5 Å². The van der Waals surface area contributed by atoms with E-state index in [1.54, 1.807) is 18.2 Å². The summed E-state index contributed by atoms with van der Waals surface area (Å²) in [6.07, 6.45) is 1.62. The molecule has 0 atom stereocenters. The van der Waals surface area contributed by atoms with Crippen LogP contribution >= 0.6 is 11.3 Å². The first-order valence-electron chi connectivity index (χ1n) is 8.44. The van der Waals surface area contributed by atoms with Crippen molar-refractivity contribution in [3.8, 4) is 17.1 Å². The van der Waals surface area contributed by atoms with E-state index in [0.717, 1.165) is 11.3 Å². The average molecular weight is 381 g/mol. The number of hydrogen-bond acceptors (Lipinski definition) is 5. The maximum atomic E-state index is 13.8. The fourth-order valence-electron chi connectivity index (χ4n) is 2.64. The van der Waals surface area contributed by atoms with Gasteiger partial charge in [0.1, 0.15) is 11.6 Å². The summed E-state index contributed by atoms with van der Waals surface area (Å²) in [4.78, 5) is 17.5. The molecule has 5 nitrogen and oxygen atoms in total. The van der Waals surface area contributed by atoms with Crippen LogP contribution in [0.1, 0.15) is 19.4 Å². The number of ether oxygens (including phenoxy) is 1. The summed E-state index contributed by atoms with van der Waals surface area (Å²) in [5.74, 6) is 0.855. The number of hydrogen-bond donors (Lipinski definition) is 0. The average Bonchev–Trinajstić information content (AvgIpc) is 3.17. The van der Waals surface area contributed by atoms with Crippen molar-refractivity contribution in [2.75, 3.05) is 0 Å². The van der Waals surface area contributed by atoms with E-state index >= 15 is 0 Å². The largest absolute Gasteiger partial charge is 0.491 e. The summed E-state index contributed by atoms with van der Waals surface area (Å²) in [5.41, 5.74) is 0.845. The minimum absolute atomic E-state index is 0.0964. The second kappa shape index (κ2) is 6.92. The summed E-state index contributed by atoms with van der Waals surface area (Å²) in [6.45, 7) is 3.93. The molecule has 4 rings (SSSR count). The third-order valence-corrected chi connectivity index (χ3v) is 4.82. The van der Waals surface area contributed by atoms with Crippen molar-refractivity contribution in [1.29, 1.82) is 0 Å². The van der Waals surface area contributed by atoms with Crippen LogP contribution in [0.25, 0.3) is 22.4 Å². The van der Waals surface area contributed by atoms with Crippen LogP contribution < -0.4 is 14.8 Å².